The Hall–Kier alpha value is -3.69. The van der Waals surface area contributed by atoms with Crippen LogP contribution in [-0.4, -0.2) is 41.4 Å². The number of pyridine rings is 1. The molecule has 1 aromatic heterocycles. The Morgan fingerprint density at radius 2 is 1.79 bits per heavy atom. The summed E-state index contributed by atoms with van der Waals surface area (Å²) in [7, 11) is 1.43. The molecule has 7 nitrogen and oxygen atoms in total. The van der Waals surface area contributed by atoms with Crippen molar-refractivity contribution in [2.75, 3.05) is 12.0 Å². The van der Waals surface area contributed by atoms with Crippen LogP contribution in [0.25, 0.3) is 0 Å². The van der Waals surface area contributed by atoms with E-state index >= 15 is 0 Å². The van der Waals surface area contributed by atoms with E-state index in [0.717, 1.165) is 11.1 Å². The fraction of sp³-hybridized carbons (Fsp3) is 0.333. The van der Waals surface area contributed by atoms with E-state index in [2.05, 4.69) is 4.98 Å². The molecule has 1 N–H and O–H groups in total. The molecular weight excluding hydrogens is 451 g/mol. The second kappa shape index (κ2) is 7.96. The maximum Gasteiger partial charge on any atom is 0.425 e. The van der Waals surface area contributed by atoms with Gasteiger partial charge in [-0.15, -0.1) is 0 Å². The van der Waals surface area contributed by atoms with Gasteiger partial charge in [0.05, 0.1) is 18.2 Å². The lowest BCUT2D eigenvalue weighted by molar-refractivity contribution is -0.186. The minimum atomic E-state index is -5.29. The van der Waals surface area contributed by atoms with Crippen LogP contribution >= 0.6 is 0 Å². The van der Waals surface area contributed by atoms with Crippen LogP contribution in [-0.2, 0) is 9.59 Å². The summed E-state index contributed by atoms with van der Waals surface area (Å²) < 4.78 is 49.5. The number of halogens is 3. The van der Waals surface area contributed by atoms with E-state index in [4.69, 9.17) is 4.74 Å². The number of anilines is 1. The summed E-state index contributed by atoms with van der Waals surface area (Å²) in [4.78, 5) is 44.3. The Labute approximate surface area is 193 Å². The molecule has 4 rings (SSSR count). The third-order valence-electron chi connectivity index (χ3n) is 6.00. The van der Waals surface area contributed by atoms with Gasteiger partial charge in [-0.2, -0.15) is 13.2 Å². The van der Waals surface area contributed by atoms with Crippen LogP contribution in [0.4, 0.5) is 18.9 Å². The number of amides is 2. The molecule has 178 valence electrons. The summed E-state index contributed by atoms with van der Waals surface area (Å²) in [5, 5.41) is 1.88. The van der Waals surface area contributed by atoms with Crippen LogP contribution in [0, 0.1) is 5.41 Å². The number of carbonyl (C=O) groups excluding carboxylic acids is 3. The van der Waals surface area contributed by atoms with E-state index < -0.39 is 40.3 Å². The van der Waals surface area contributed by atoms with Gasteiger partial charge >= 0.3 is 6.18 Å². The number of carbonyl (C=O) groups is 3. The van der Waals surface area contributed by atoms with Crippen LogP contribution < -0.4 is 15.0 Å². The number of hydrogen-bond donors (Lipinski definition) is 1. The van der Waals surface area contributed by atoms with Crippen molar-refractivity contribution in [3.05, 3.63) is 65.6 Å². The van der Waals surface area contributed by atoms with E-state index in [1.54, 1.807) is 13.8 Å². The van der Waals surface area contributed by atoms with Crippen LogP contribution in [0.1, 0.15) is 37.0 Å². The molecule has 2 aromatic rings. The van der Waals surface area contributed by atoms with Crippen molar-refractivity contribution < 1.29 is 32.3 Å². The summed E-state index contributed by atoms with van der Waals surface area (Å²) in [5.41, 5.74) is -5.06. The second-order valence-corrected chi connectivity index (χ2v) is 9.04. The third-order valence-corrected chi connectivity index (χ3v) is 6.00. The Morgan fingerprint density at radius 1 is 1.12 bits per heavy atom. The van der Waals surface area contributed by atoms with Gasteiger partial charge in [-0.25, -0.2) is 0 Å². The largest absolute Gasteiger partial charge is 0.497 e. The quantitative estimate of drug-likeness (QED) is 0.730. The second-order valence-electron chi connectivity index (χ2n) is 9.04. The molecule has 2 aliphatic rings. The first kappa shape index (κ1) is 23.5. The number of ether oxygens (including phenoxy) is 1. The van der Waals surface area contributed by atoms with Gasteiger partial charge in [-0.1, -0.05) is 13.8 Å². The Bertz CT molecular complexity index is 1190. The van der Waals surface area contributed by atoms with E-state index in [1.807, 2.05) is 5.32 Å². The van der Waals surface area contributed by atoms with Gasteiger partial charge in [0.15, 0.2) is 5.78 Å². The number of methoxy groups -OCH3 is 1. The first-order valence-electron chi connectivity index (χ1n) is 10.5. The molecule has 0 spiro atoms. The maximum absolute atomic E-state index is 14.8. The highest BCUT2D eigenvalue weighted by Crippen LogP contribution is 2.52. The molecule has 1 aromatic carbocycles. The number of nitrogens with one attached hydrogen (secondary N) is 1. The minimum absolute atomic E-state index is 0.0342. The number of benzene rings is 1. The van der Waals surface area contributed by atoms with Crippen molar-refractivity contribution in [2.45, 2.75) is 38.4 Å². The molecule has 1 aliphatic carbocycles. The summed E-state index contributed by atoms with van der Waals surface area (Å²) >= 11 is 0. The smallest absolute Gasteiger partial charge is 0.425 e. The zero-order chi connectivity index (χ0) is 24.9. The van der Waals surface area contributed by atoms with Gasteiger partial charge in [-0.3, -0.25) is 24.3 Å². The number of ketones is 1. The normalized spacial score (nSPS) is 22.0. The fourth-order valence-electron chi connectivity index (χ4n) is 4.50. The highest BCUT2D eigenvalue weighted by molar-refractivity contribution is 6.21. The topological polar surface area (TPSA) is 88.6 Å². The zero-order valence-electron chi connectivity index (χ0n) is 18.7. The highest BCUT2D eigenvalue weighted by Gasteiger charge is 2.72. The minimum Gasteiger partial charge on any atom is -0.497 e. The van der Waals surface area contributed by atoms with Crippen molar-refractivity contribution in [3.63, 3.8) is 0 Å². The van der Waals surface area contributed by atoms with Gasteiger partial charge in [0.25, 0.3) is 11.8 Å². The molecule has 10 heteroatoms. The molecule has 0 bridgehead atoms. The van der Waals surface area contributed by atoms with Gasteiger partial charge in [0.1, 0.15) is 5.75 Å². The summed E-state index contributed by atoms with van der Waals surface area (Å²) in [6, 6.07) is 8.52. The average Bonchev–Trinajstić information content (AvgIpc) is 3.02. The molecule has 0 fully saturated rings. The fourth-order valence-corrected chi connectivity index (χ4v) is 4.50. The van der Waals surface area contributed by atoms with E-state index in [0.29, 0.717) is 5.75 Å². The Morgan fingerprint density at radius 3 is 2.35 bits per heavy atom. The molecule has 2 amide bonds. The summed E-state index contributed by atoms with van der Waals surface area (Å²) in [6.07, 6.45) is -3.01. The van der Waals surface area contributed by atoms with Crippen molar-refractivity contribution in [1.29, 1.82) is 0 Å². The Balaban J connectivity index is 1.93. The highest BCUT2D eigenvalue weighted by atomic mass is 19.4. The predicted octanol–water partition coefficient (Wildman–Crippen LogP) is 3.81. The van der Waals surface area contributed by atoms with E-state index in [1.165, 1.54) is 49.7 Å². The number of allylic oxidation sites excluding steroid dienone is 1. The molecule has 1 aliphatic heterocycles. The van der Waals surface area contributed by atoms with E-state index in [-0.39, 0.29) is 29.8 Å². The number of rotatable bonds is 4. The summed E-state index contributed by atoms with van der Waals surface area (Å²) in [5.74, 6) is -3.02. The first-order valence-corrected chi connectivity index (χ1v) is 10.5. The lowest BCUT2D eigenvalue weighted by Crippen LogP contribution is -2.66. The lowest BCUT2D eigenvalue weighted by Gasteiger charge is -2.35. The Kier molecular flexibility index (Phi) is 5.50. The number of nitrogens with zero attached hydrogens (tertiary/aromatic N) is 2. The van der Waals surface area contributed by atoms with E-state index in [9.17, 15) is 27.6 Å². The lowest BCUT2D eigenvalue weighted by atomic mass is 9.72. The van der Waals surface area contributed by atoms with Crippen LogP contribution in [0.2, 0.25) is 0 Å². The van der Waals surface area contributed by atoms with Crippen molar-refractivity contribution in [2.24, 2.45) is 5.41 Å². The van der Waals surface area contributed by atoms with Gasteiger partial charge < -0.3 is 10.1 Å². The van der Waals surface area contributed by atoms with Crippen molar-refractivity contribution in [3.8, 4) is 5.75 Å². The van der Waals surface area contributed by atoms with Crippen LogP contribution in [0.5, 0.6) is 5.75 Å². The number of alkyl halides is 3. The number of hydrogen-bond acceptors (Lipinski definition) is 5. The molecule has 1 atom stereocenters. The molecule has 2 heterocycles. The molecular formula is C24H22F3N3O4. The average molecular weight is 473 g/mol. The SMILES string of the molecule is COc1ccc(N2C(=O)[C@](NC(=O)c3cccnc3)(C(F)(F)F)C3=C2CC(C)(C)CC3=O)cc1. The molecule has 0 radical (unpaired) electrons. The number of aromatic nitrogens is 1. The molecule has 0 saturated heterocycles. The summed E-state index contributed by atoms with van der Waals surface area (Å²) in [6.45, 7) is 3.49. The molecule has 34 heavy (non-hydrogen) atoms. The maximum atomic E-state index is 14.8. The van der Waals surface area contributed by atoms with Crippen LogP contribution in [0.3, 0.4) is 0 Å². The number of Topliss-reactive ketones (excluding diaryl/α,β-unsaturated/α-hetero) is 1. The van der Waals surface area contributed by atoms with Crippen LogP contribution in [0.15, 0.2) is 60.1 Å². The van der Waals surface area contributed by atoms with Crippen molar-refractivity contribution >= 4 is 23.3 Å². The zero-order valence-corrected chi connectivity index (χ0v) is 18.7. The standard InChI is InChI=1S/C24H22F3N3O4/c1-22(2)11-17-19(18(31)12-22)23(24(25,26)27,29-20(32)14-5-4-10-28-13-14)21(33)30(17)15-6-8-16(34-3)9-7-15/h4-10,13H,11-12H2,1-3H3,(H,29,32)/t23-/m0/s1. The molecule has 0 saturated carbocycles. The monoisotopic (exact) mass is 473 g/mol. The van der Waals surface area contributed by atoms with Gasteiger partial charge in [0.2, 0.25) is 5.54 Å². The van der Waals surface area contributed by atoms with Crippen molar-refractivity contribution in [1.82, 2.24) is 10.3 Å². The van der Waals surface area contributed by atoms with Gasteiger partial charge in [-0.05, 0) is 48.2 Å². The molecule has 0 unspecified atom stereocenters. The third kappa shape index (κ3) is 3.63. The first-order chi connectivity index (χ1) is 15.9. The predicted molar refractivity (Wildman–Crippen MR) is 116 cm³/mol. The van der Waals surface area contributed by atoms with Gasteiger partial charge in [0, 0.05) is 30.2 Å².